The van der Waals surface area contributed by atoms with Gasteiger partial charge in [0.2, 0.25) is 0 Å². The summed E-state index contributed by atoms with van der Waals surface area (Å²) in [7, 11) is 5.69. The highest BCUT2D eigenvalue weighted by molar-refractivity contribution is 14.0. The molecule has 0 saturated carbocycles. The molecule has 0 amide bonds. The highest BCUT2D eigenvalue weighted by Gasteiger charge is 2.00. The van der Waals surface area contributed by atoms with Gasteiger partial charge in [0.05, 0.1) is 0 Å². The zero-order valence-electron chi connectivity index (χ0n) is 13.3. The van der Waals surface area contributed by atoms with Gasteiger partial charge in [0, 0.05) is 46.9 Å². The molecular formula is C13H31IN4OS. The van der Waals surface area contributed by atoms with Crippen LogP contribution in [0.5, 0.6) is 0 Å². The Kier molecular flexibility index (Phi) is 19.5. The molecule has 122 valence electrons. The van der Waals surface area contributed by atoms with Gasteiger partial charge in [0.25, 0.3) is 0 Å². The standard InChI is InChI=1S/C13H30N4OS.HI/c1-14-13(15-7-5-12-19-4)16-8-10-17(2)9-6-11-18-3;/h5-12H2,1-4H3,(H2,14,15,16);1H. The van der Waals surface area contributed by atoms with E-state index in [2.05, 4.69) is 33.8 Å². The van der Waals surface area contributed by atoms with E-state index in [1.807, 2.05) is 18.8 Å². The highest BCUT2D eigenvalue weighted by atomic mass is 127. The quantitative estimate of drug-likeness (QED) is 0.231. The molecule has 0 heterocycles. The predicted octanol–water partition coefficient (Wildman–Crippen LogP) is 1.49. The van der Waals surface area contributed by atoms with E-state index in [9.17, 15) is 0 Å². The van der Waals surface area contributed by atoms with Crippen LogP contribution in [0.1, 0.15) is 12.8 Å². The molecule has 2 N–H and O–H groups in total. The second-order valence-corrected chi connectivity index (χ2v) is 5.41. The zero-order chi connectivity index (χ0) is 14.3. The van der Waals surface area contributed by atoms with Crippen LogP contribution in [0.2, 0.25) is 0 Å². The monoisotopic (exact) mass is 418 g/mol. The van der Waals surface area contributed by atoms with Gasteiger partial charge in [0.1, 0.15) is 0 Å². The molecule has 0 bridgehead atoms. The molecule has 0 radical (unpaired) electrons. The average Bonchev–Trinajstić information content (AvgIpc) is 2.41. The lowest BCUT2D eigenvalue weighted by Gasteiger charge is -2.18. The van der Waals surface area contributed by atoms with E-state index in [0.717, 1.165) is 45.2 Å². The van der Waals surface area contributed by atoms with Crippen molar-refractivity contribution in [1.29, 1.82) is 0 Å². The van der Waals surface area contributed by atoms with Crippen LogP contribution in [0.3, 0.4) is 0 Å². The summed E-state index contributed by atoms with van der Waals surface area (Å²) in [5.74, 6) is 2.08. The van der Waals surface area contributed by atoms with Gasteiger partial charge in [-0.3, -0.25) is 4.99 Å². The number of thioether (sulfide) groups is 1. The normalized spacial score (nSPS) is 11.3. The SMILES string of the molecule is CN=C(NCCCSC)NCCN(C)CCCOC.I. The summed E-state index contributed by atoms with van der Waals surface area (Å²) in [5, 5.41) is 6.64. The Morgan fingerprint density at radius 2 is 1.90 bits per heavy atom. The molecule has 0 aliphatic carbocycles. The van der Waals surface area contributed by atoms with Crippen LogP contribution in [0, 0.1) is 0 Å². The summed E-state index contributed by atoms with van der Waals surface area (Å²) in [4.78, 5) is 6.51. The van der Waals surface area contributed by atoms with Crippen molar-refractivity contribution in [3.8, 4) is 0 Å². The van der Waals surface area contributed by atoms with Crippen molar-refractivity contribution < 1.29 is 4.74 Å². The van der Waals surface area contributed by atoms with E-state index in [1.54, 1.807) is 7.11 Å². The van der Waals surface area contributed by atoms with Crippen LogP contribution in [0.15, 0.2) is 4.99 Å². The first-order valence-corrected chi connectivity index (χ1v) is 8.25. The third kappa shape index (κ3) is 14.7. The third-order valence-electron chi connectivity index (χ3n) is 2.72. The number of nitrogens with one attached hydrogen (secondary N) is 2. The Labute approximate surface area is 145 Å². The Morgan fingerprint density at radius 1 is 1.20 bits per heavy atom. The number of ether oxygens (including phenoxy) is 1. The number of hydrogen-bond acceptors (Lipinski definition) is 4. The Bertz CT molecular complexity index is 232. The van der Waals surface area contributed by atoms with E-state index in [0.29, 0.717) is 0 Å². The van der Waals surface area contributed by atoms with Crippen LogP contribution in [-0.2, 0) is 4.74 Å². The molecule has 0 aromatic rings. The maximum atomic E-state index is 5.04. The fourth-order valence-corrected chi connectivity index (χ4v) is 2.03. The minimum Gasteiger partial charge on any atom is -0.385 e. The second kappa shape index (κ2) is 17.3. The maximum absolute atomic E-state index is 5.04. The maximum Gasteiger partial charge on any atom is 0.191 e. The Morgan fingerprint density at radius 3 is 2.50 bits per heavy atom. The van der Waals surface area contributed by atoms with Crippen molar-refractivity contribution >= 4 is 41.7 Å². The van der Waals surface area contributed by atoms with Crippen molar-refractivity contribution in [2.75, 3.05) is 66.0 Å². The van der Waals surface area contributed by atoms with Gasteiger partial charge in [-0.2, -0.15) is 11.8 Å². The minimum absolute atomic E-state index is 0. The summed E-state index contributed by atoms with van der Waals surface area (Å²) < 4.78 is 5.04. The van der Waals surface area contributed by atoms with E-state index < -0.39 is 0 Å². The first kappa shape index (κ1) is 22.5. The molecule has 0 aliphatic rings. The van der Waals surface area contributed by atoms with E-state index in [1.165, 1.54) is 12.2 Å². The molecule has 0 fully saturated rings. The zero-order valence-corrected chi connectivity index (χ0v) is 16.4. The molecule has 0 rings (SSSR count). The van der Waals surface area contributed by atoms with Crippen molar-refractivity contribution in [2.24, 2.45) is 4.99 Å². The Balaban J connectivity index is 0. The number of guanidine groups is 1. The molecule has 20 heavy (non-hydrogen) atoms. The lowest BCUT2D eigenvalue weighted by molar-refractivity contribution is 0.180. The van der Waals surface area contributed by atoms with Crippen molar-refractivity contribution in [3.05, 3.63) is 0 Å². The summed E-state index contributed by atoms with van der Waals surface area (Å²) >= 11 is 1.87. The van der Waals surface area contributed by atoms with Gasteiger partial charge in [-0.25, -0.2) is 0 Å². The van der Waals surface area contributed by atoms with Crippen molar-refractivity contribution in [3.63, 3.8) is 0 Å². The van der Waals surface area contributed by atoms with Gasteiger partial charge in [0.15, 0.2) is 5.96 Å². The highest BCUT2D eigenvalue weighted by Crippen LogP contribution is 1.93. The average molecular weight is 418 g/mol. The fourth-order valence-electron chi connectivity index (χ4n) is 1.60. The minimum atomic E-state index is 0. The fraction of sp³-hybridized carbons (Fsp3) is 0.923. The Hall–Kier alpha value is 0.270. The topological polar surface area (TPSA) is 48.9 Å². The third-order valence-corrected chi connectivity index (χ3v) is 3.41. The first-order valence-electron chi connectivity index (χ1n) is 6.85. The van der Waals surface area contributed by atoms with Crippen molar-refractivity contribution in [1.82, 2.24) is 15.5 Å². The van der Waals surface area contributed by atoms with Crippen LogP contribution >= 0.6 is 35.7 Å². The largest absolute Gasteiger partial charge is 0.385 e. The lowest BCUT2D eigenvalue weighted by Crippen LogP contribution is -2.41. The van der Waals surface area contributed by atoms with Crippen LogP contribution < -0.4 is 10.6 Å². The number of nitrogens with zero attached hydrogens (tertiary/aromatic N) is 2. The number of likely N-dealkylation sites (N-methyl/N-ethyl adjacent to an activating group) is 1. The summed E-state index contributed by atoms with van der Waals surface area (Å²) in [6.07, 6.45) is 4.37. The number of aliphatic imine (C=N–C) groups is 1. The van der Waals surface area contributed by atoms with Gasteiger partial charge in [-0.15, -0.1) is 24.0 Å². The van der Waals surface area contributed by atoms with Gasteiger partial charge in [-0.05, 0) is 31.9 Å². The predicted molar refractivity (Wildman–Crippen MR) is 102 cm³/mol. The molecule has 7 heteroatoms. The summed E-state index contributed by atoms with van der Waals surface area (Å²) in [6, 6.07) is 0. The van der Waals surface area contributed by atoms with Crippen LogP contribution in [0.4, 0.5) is 0 Å². The lowest BCUT2D eigenvalue weighted by atomic mass is 10.4. The van der Waals surface area contributed by atoms with Gasteiger partial charge >= 0.3 is 0 Å². The van der Waals surface area contributed by atoms with Crippen LogP contribution in [0.25, 0.3) is 0 Å². The molecule has 0 aromatic heterocycles. The molecule has 0 spiro atoms. The van der Waals surface area contributed by atoms with Crippen LogP contribution in [-0.4, -0.2) is 76.9 Å². The smallest absolute Gasteiger partial charge is 0.191 e. The molecular weight excluding hydrogens is 387 g/mol. The molecule has 0 unspecified atom stereocenters. The van der Waals surface area contributed by atoms with Gasteiger partial charge in [-0.1, -0.05) is 0 Å². The number of rotatable bonds is 11. The van der Waals surface area contributed by atoms with Crippen molar-refractivity contribution in [2.45, 2.75) is 12.8 Å². The van der Waals surface area contributed by atoms with E-state index in [4.69, 9.17) is 4.74 Å². The number of hydrogen-bond donors (Lipinski definition) is 2. The number of halogens is 1. The first-order chi connectivity index (χ1) is 9.24. The molecule has 0 saturated heterocycles. The summed E-state index contributed by atoms with van der Waals surface area (Å²) in [6.45, 7) is 4.79. The molecule has 0 aliphatic heterocycles. The molecule has 5 nitrogen and oxygen atoms in total. The molecule has 0 atom stereocenters. The molecule has 0 aromatic carbocycles. The second-order valence-electron chi connectivity index (χ2n) is 4.42. The van der Waals surface area contributed by atoms with E-state index >= 15 is 0 Å². The van der Waals surface area contributed by atoms with E-state index in [-0.39, 0.29) is 24.0 Å². The van der Waals surface area contributed by atoms with Gasteiger partial charge < -0.3 is 20.3 Å². The number of methoxy groups -OCH3 is 1. The summed E-state index contributed by atoms with van der Waals surface area (Å²) in [5.41, 5.74) is 0.